The minimum absolute atomic E-state index is 0.0113. The molecule has 5 nitrogen and oxygen atoms in total. The van der Waals surface area contributed by atoms with Crippen molar-refractivity contribution in [3.8, 4) is 0 Å². The van der Waals surface area contributed by atoms with Crippen LogP contribution in [0, 0.1) is 0 Å². The molecule has 0 aliphatic heterocycles. The predicted octanol–water partition coefficient (Wildman–Crippen LogP) is 1.51. The van der Waals surface area contributed by atoms with Crippen LogP contribution in [0.2, 0.25) is 0 Å². The van der Waals surface area contributed by atoms with Crippen LogP contribution >= 0.6 is 0 Å². The van der Waals surface area contributed by atoms with Crippen LogP contribution in [0.25, 0.3) is 0 Å². The lowest BCUT2D eigenvalue weighted by molar-refractivity contribution is 0.167. The molecule has 92 valence electrons. The fourth-order valence-corrected chi connectivity index (χ4v) is 2.20. The Kier molecular flexibility index (Phi) is 3.58. The fraction of sp³-hybridized carbons (Fsp3) is 0.500. The highest BCUT2D eigenvalue weighted by atomic mass is 16.3. The van der Waals surface area contributed by atoms with E-state index in [1.165, 1.54) is 0 Å². The van der Waals surface area contributed by atoms with Crippen LogP contribution in [0.5, 0.6) is 0 Å². The van der Waals surface area contributed by atoms with Gasteiger partial charge in [0.05, 0.1) is 12.1 Å². The molecule has 1 aromatic heterocycles. The smallest absolute Gasteiger partial charge is 0.320 e. The number of hydrogen-bond acceptors (Lipinski definition) is 3. The highest BCUT2D eigenvalue weighted by Crippen LogP contribution is 2.29. The molecule has 0 bridgehead atoms. The summed E-state index contributed by atoms with van der Waals surface area (Å²) < 4.78 is 0. The normalized spacial score (nSPS) is 17.7. The number of aliphatic hydroxyl groups is 1. The third-order valence-corrected chi connectivity index (χ3v) is 3.15. The molecule has 2 amide bonds. The number of urea groups is 1. The average Bonchev–Trinajstić information content (AvgIpc) is 2.79. The maximum Gasteiger partial charge on any atom is 0.320 e. The van der Waals surface area contributed by atoms with Gasteiger partial charge in [0.25, 0.3) is 0 Å². The van der Waals surface area contributed by atoms with Gasteiger partial charge in [-0.1, -0.05) is 18.9 Å². The minimum atomic E-state index is -0.446. The number of aromatic nitrogens is 1. The third-order valence-electron chi connectivity index (χ3n) is 3.15. The molecule has 1 heterocycles. The van der Waals surface area contributed by atoms with Crippen molar-refractivity contribution in [2.24, 2.45) is 0 Å². The molecule has 0 spiro atoms. The summed E-state index contributed by atoms with van der Waals surface area (Å²) in [5.41, 5.74) is -0.446. The van der Waals surface area contributed by atoms with Crippen molar-refractivity contribution in [2.45, 2.75) is 31.2 Å². The Morgan fingerprint density at radius 3 is 2.76 bits per heavy atom. The highest BCUT2D eigenvalue weighted by molar-refractivity contribution is 5.88. The maximum absolute atomic E-state index is 11.8. The van der Waals surface area contributed by atoms with Crippen molar-refractivity contribution in [1.82, 2.24) is 10.3 Å². The van der Waals surface area contributed by atoms with E-state index >= 15 is 0 Å². The standard InChI is InChI=1S/C12H17N3O2/c16-9-12(6-2-3-7-12)15-11(17)14-10-5-1-4-8-13-10/h1,4-5,8,16H,2-3,6-7,9H2,(H2,13,14,15,17). The van der Waals surface area contributed by atoms with E-state index in [2.05, 4.69) is 15.6 Å². The average molecular weight is 235 g/mol. The summed E-state index contributed by atoms with van der Waals surface area (Å²) >= 11 is 0. The van der Waals surface area contributed by atoms with E-state index in [0.29, 0.717) is 5.82 Å². The van der Waals surface area contributed by atoms with Crippen molar-refractivity contribution in [2.75, 3.05) is 11.9 Å². The van der Waals surface area contributed by atoms with E-state index in [1.807, 2.05) is 0 Å². The zero-order valence-electron chi connectivity index (χ0n) is 9.65. The number of hydrogen-bond donors (Lipinski definition) is 3. The molecule has 17 heavy (non-hydrogen) atoms. The molecule has 2 rings (SSSR count). The monoisotopic (exact) mass is 235 g/mol. The zero-order valence-corrected chi connectivity index (χ0v) is 9.65. The molecule has 1 aliphatic carbocycles. The van der Waals surface area contributed by atoms with E-state index in [4.69, 9.17) is 0 Å². The molecule has 1 saturated carbocycles. The van der Waals surface area contributed by atoms with E-state index in [0.717, 1.165) is 25.7 Å². The van der Waals surface area contributed by atoms with Gasteiger partial charge in [0.15, 0.2) is 0 Å². The number of carbonyl (C=O) groups is 1. The Labute approximate surface area is 100 Å². The number of aliphatic hydroxyl groups excluding tert-OH is 1. The molecule has 0 aromatic carbocycles. The number of rotatable bonds is 3. The van der Waals surface area contributed by atoms with Crippen molar-refractivity contribution < 1.29 is 9.90 Å². The topological polar surface area (TPSA) is 74.2 Å². The molecule has 1 aromatic rings. The van der Waals surface area contributed by atoms with Crippen molar-refractivity contribution >= 4 is 11.8 Å². The Balaban J connectivity index is 1.93. The second-order valence-corrected chi connectivity index (χ2v) is 4.44. The van der Waals surface area contributed by atoms with E-state index in [9.17, 15) is 9.90 Å². The summed E-state index contributed by atoms with van der Waals surface area (Å²) in [5, 5.41) is 14.9. The van der Waals surface area contributed by atoms with Crippen LogP contribution in [0.3, 0.4) is 0 Å². The summed E-state index contributed by atoms with van der Waals surface area (Å²) in [5.74, 6) is 0.510. The van der Waals surface area contributed by atoms with E-state index < -0.39 is 5.54 Å². The molecule has 1 aliphatic rings. The molecule has 0 saturated heterocycles. The van der Waals surface area contributed by atoms with Gasteiger partial charge in [-0.25, -0.2) is 9.78 Å². The predicted molar refractivity (Wildman–Crippen MR) is 64.7 cm³/mol. The van der Waals surface area contributed by atoms with Gasteiger partial charge in [0, 0.05) is 6.20 Å². The number of carbonyl (C=O) groups excluding carboxylic acids is 1. The maximum atomic E-state index is 11.8. The molecule has 3 N–H and O–H groups in total. The Morgan fingerprint density at radius 1 is 1.41 bits per heavy atom. The lowest BCUT2D eigenvalue weighted by Gasteiger charge is -2.27. The molecular weight excluding hydrogens is 218 g/mol. The first-order chi connectivity index (χ1) is 8.24. The molecule has 5 heteroatoms. The van der Waals surface area contributed by atoms with Gasteiger partial charge in [-0.3, -0.25) is 5.32 Å². The van der Waals surface area contributed by atoms with Crippen LogP contribution < -0.4 is 10.6 Å². The summed E-state index contributed by atoms with van der Waals surface area (Å²) in [6.45, 7) is -0.0113. The van der Waals surface area contributed by atoms with E-state index in [-0.39, 0.29) is 12.6 Å². The molecule has 1 fully saturated rings. The molecule has 0 unspecified atom stereocenters. The van der Waals surface area contributed by atoms with Crippen molar-refractivity contribution in [3.05, 3.63) is 24.4 Å². The SMILES string of the molecule is O=C(Nc1ccccn1)NC1(CO)CCCC1. The highest BCUT2D eigenvalue weighted by Gasteiger charge is 2.34. The fourth-order valence-electron chi connectivity index (χ4n) is 2.20. The molecule has 0 radical (unpaired) electrons. The van der Waals surface area contributed by atoms with Gasteiger partial charge in [-0.15, -0.1) is 0 Å². The Morgan fingerprint density at radius 2 is 2.18 bits per heavy atom. The Hall–Kier alpha value is -1.62. The summed E-state index contributed by atoms with van der Waals surface area (Å²) in [6, 6.07) is 5.01. The van der Waals surface area contributed by atoms with Crippen LogP contribution in [-0.4, -0.2) is 28.3 Å². The van der Waals surface area contributed by atoms with Gasteiger partial charge < -0.3 is 10.4 Å². The van der Waals surface area contributed by atoms with Crippen LogP contribution in [0.1, 0.15) is 25.7 Å². The number of nitrogens with zero attached hydrogens (tertiary/aromatic N) is 1. The van der Waals surface area contributed by atoms with Gasteiger partial charge in [-0.05, 0) is 25.0 Å². The number of amides is 2. The summed E-state index contributed by atoms with van der Waals surface area (Å²) in [7, 11) is 0. The van der Waals surface area contributed by atoms with Crippen LogP contribution in [0.4, 0.5) is 10.6 Å². The Bertz CT molecular complexity index is 375. The van der Waals surface area contributed by atoms with Crippen molar-refractivity contribution in [3.63, 3.8) is 0 Å². The van der Waals surface area contributed by atoms with Gasteiger partial charge in [-0.2, -0.15) is 0 Å². The number of anilines is 1. The minimum Gasteiger partial charge on any atom is -0.394 e. The first-order valence-electron chi connectivity index (χ1n) is 5.85. The molecule has 0 atom stereocenters. The van der Waals surface area contributed by atoms with Gasteiger partial charge >= 0.3 is 6.03 Å². The number of pyridine rings is 1. The second-order valence-electron chi connectivity index (χ2n) is 4.44. The van der Waals surface area contributed by atoms with Crippen LogP contribution in [0.15, 0.2) is 24.4 Å². The third kappa shape index (κ3) is 2.94. The first kappa shape index (κ1) is 11.9. The van der Waals surface area contributed by atoms with Gasteiger partial charge in [0.2, 0.25) is 0 Å². The molecular formula is C12H17N3O2. The van der Waals surface area contributed by atoms with Crippen molar-refractivity contribution in [1.29, 1.82) is 0 Å². The first-order valence-corrected chi connectivity index (χ1v) is 5.85. The summed E-state index contributed by atoms with van der Waals surface area (Å²) in [4.78, 5) is 15.8. The van der Waals surface area contributed by atoms with Gasteiger partial charge in [0.1, 0.15) is 5.82 Å². The largest absolute Gasteiger partial charge is 0.394 e. The lowest BCUT2D eigenvalue weighted by atomic mass is 9.99. The number of nitrogens with one attached hydrogen (secondary N) is 2. The quantitative estimate of drug-likeness (QED) is 0.743. The van der Waals surface area contributed by atoms with Crippen LogP contribution in [-0.2, 0) is 0 Å². The lowest BCUT2D eigenvalue weighted by Crippen LogP contribution is -2.50. The summed E-state index contributed by atoms with van der Waals surface area (Å²) in [6.07, 6.45) is 5.38. The second kappa shape index (κ2) is 5.14. The zero-order chi connectivity index (χ0) is 12.1. The van der Waals surface area contributed by atoms with E-state index in [1.54, 1.807) is 24.4 Å².